The third kappa shape index (κ3) is 4.70. The Morgan fingerprint density at radius 1 is 0.914 bits per heavy atom. The van der Waals surface area contributed by atoms with E-state index in [-0.39, 0.29) is 22.1 Å². The number of esters is 1. The van der Waals surface area contributed by atoms with Crippen molar-refractivity contribution in [2.24, 2.45) is 5.92 Å². The topological polar surface area (TPSA) is 98.8 Å². The number of rotatable bonds is 7. The third-order valence-electron chi connectivity index (χ3n) is 5.81. The molecule has 0 saturated carbocycles. The highest BCUT2D eigenvalue weighted by Crippen LogP contribution is 2.43. The van der Waals surface area contributed by atoms with Crippen LogP contribution < -0.4 is 10.1 Å². The van der Waals surface area contributed by atoms with Crippen molar-refractivity contribution >= 4 is 27.4 Å². The first-order chi connectivity index (χ1) is 16.9. The number of ether oxygens (including phenoxy) is 2. The van der Waals surface area contributed by atoms with Crippen LogP contribution in [0.1, 0.15) is 24.0 Å². The summed E-state index contributed by atoms with van der Waals surface area (Å²) in [6, 6.07) is 23.2. The molecule has 1 N–H and O–H groups in total. The van der Waals surface area contributed by atoms with E-state index in [1.165, 1.54) is 31.4 Å². The second kappa shape index (κ2) is 10.1. The van der Waals surface area contributed by atoms with Crippen LogP contribution in [0.3, 0.4) is 0 Å². The van der Waals surface area contributed by atoms with Crippen molar-refractivity contribution in [3.05, 3.63) is 101 Å². The molecule has 0 fully saturated rings. The van der Waals surface area contributed by atoms with E-state index in [1.807, 2.05) is 0 Å². The zero-order valence-electron chi connectivity index (χ0n) is 19.3. The summed E-state index contributed by atoms with van der Waals surface area (Å²) in [5, 5.41) is 2.79. The number of carbonyl (C=O) groups is 2. The summed E-state index contributed by atoms with van der Waals surface area (Å²) in [5.41, 5.74) is 1.04. The van der Waals surface area contributed by atoms with Gasteiger partial charge in [0.15, 0.2) is 0 Å². The SMILES string of the molecule is CCOC(=O)C1C(S(=O)(=O)c2ccc(OC)cc2)=C(c2ccccc2)NC(=O)C1c1ccccc1. The lowest BCUT2D eigenvalue weighted by Gasteiger charge is -2.34. The summed E-state index contributed by atoms with van der Waals surface area (Å²) < 4.78 is 38.7. The molecule has 0 saturated heterocycles. The van der Waals surface area contributed by atoms with E-state index < -0.39 is 33.5 Å². The average Bonchev–Trinajstić information content (AvgIpc) is 2.89. The van der Waals surface area contributed by atoms with Gasteiger partial charge in [-0.15, -0.1) is 0 Å². The highest BCUT2D eigenvalue weighted by molar-refractivity contribution is 7.95. The van der Waals surface area contributed by atoms with Crippen LogP contribution in [0.25, 0.3) is 5.70 Å². The second-order valence-corrected chi connectivity index (χ2v) is 9.81. The first-order valence-corrected chi connectivity index (χ1v) is 12.6. The largest absolute Gasteiger partial charge is 0.497 e. The number of amides is 1. The number of nitrogens with one attached hydrogen (secondary N) is 1. The Labute approximate surface area is 204 Å². The van der Waals surface area contributed by atoms with Gasteiger partial charge in [-0.3, -0.25) is 9.59 Å². The Hall–Kier alpha value is -3.91. The van der Waals surface area contributed by atoms with Crippen LogP contribution in [0.4, 0.5) is 0 Å². The Morgan fingerprint density at radius 2 is 1.51 bits per heavy atom. The molecule has 3 aromatic carbocycles. The van der Waals surface area contributed by atoms with Gasteiger partial charge >= 0.3 is 5.97 Å². The molecule has 1 amide bonds. The van der Waals surface area contributed by atoms with Gasteiger partial charge in [0, 0.05) is 0 Å². The molecule has 35 heavy (non-hydrogen) atoms. The van der Waals surface area contributed by atoms with Gasteiger partial charge in [0.05, 0.1) is 35.1 Å². The number of hydrogen-bond acceptors (Lipinski definition) is 6. The molecule has 4 rings (SSSR count). The molecule has 2 atom stereocenters. The number of methoxy groups -OCH3 is 1. The van der Waals surface area contributed by atoms with Crippen LogP contribution in [0.5, 0.6) is 5.75 Å². The summed E-state index contributed by atoms with van der Waals surface area (Å²) in [6.07, 6.45) is 0. The van der Waals surface area contributed by atoms with Crippen molar-refractivity contribution in [1.82, 2.24) is 5.32 Å². The van der Waals surface area contributed by atoms with E-state index in [9.17, 15) is 18.0 Å². The minimum atomic E-state index is -4.25. The van der Waals surface area contributed by atoms with Gasteiger partial charge in [0.25, 0.3) is 0 Å². The van der Waals surface area contributed by atoms with Crippen molar-refractivity contribution in [2.75, 3.05) is 13.7 Å². The Kier molecular flexibility index (Phi) is 7.02. The van der Waals surface area contributed by atoms with Gasteiger partial charge in [0.2, 0.25) is 15.7 Å². The van der Waals surface area contributed by atoms with Crippen LogP contribution in [-0.4, -0.2) is 34.0 Å². The van der Waals surface area contributed by atoms with E-state index >= 15 is 0 Å². The molecular weight excluding hydrogens is 466 g/mol. The maximum Gasteiger partial charge on any atom is 0.315 e. The van der Waals surface area contributed by atoms with Crippen molar-refractivity contribution in [2.45, 2.75) is 17.7 Å². The van der Waals surface area contributed by atoms with Crippen LogP contribution >= 0.6 is 0 Å². The zero-order valence-corrected chi connectivity index (χ0v) is 20.1. The smallest absolute Gasteiger partial charge is 0.315 e. The average molecular weight is 492 g/mol. The summed E-state index contributed by atoms with van der Waals surface area (Å²) >= 11 is 0. The lowest BCUT2D eigenvalue weighted by molar-refractivity contribution is -0.149. The number of benzene rings is 3. The predicted octanol–water partition coefficient (Wildman–Crippen LogP) is 3.93. The van der Waals surface area contributed by atoms with Crippen LogP contribution in [0.15, 0.2) is 94.7 Å². The molecule has 1 heterocycles. The lowest BCUT2D eigenvalue weighted by atomic mass is 9.81. The van der Waals surface area contributed by atoms with Gasteiger partial charge in [-0.1, -0.05) is 60.7 Å². The molecule has 7 nitrogen and oxygen atoms in total. The van der Waals surface area contributed by atoms with E-state index in [0.29, 0.717) is 16.9 Å². The Bertz CT molecular complexity index is 1350. The van der Waals surface area contributed by atoms with Gasteiger partial charge in [0.1, 0.15) is 11.7 Å². The number of hydrogen-bond donors (Lipinski definition) is 1. The van der Waals surface area contributed by atoms with Crippen molar-refractivity contribution in [1.29, 1.82) is 0 Å². The molecule has 1 aliphatic heterocycles. The first kappa shape index (κ1) is 24.2. The van der Waals surface area contributed by atoms with E-state index in [1.54, 1.807) is 67.6 Å². The molecule has 0 radical (unpaired) electrons. The minimum Gasteiger partial charge on any atom is -0.497 e. The molecule has 3 aromatic rings. The Balaban J connectivity index is 2.02. The van der Waals surface area contributed by atoms with Gasteiger partial charge in [-0.25, -0.2) is 8.42 Å². The van der Waals surface area contributed by atoms with Crippen LogP contribution in [0.2, 0.25) is 0 Å². The molecule has 0 aliphatic carbocycles. The lowest BCUT2D eigenvalue weighted by Crippen LogP contribution is -2.44. The van der Waals surface area contributed by atoms with Crippen molar-refractivity contribution < 1.29 is 27.5 Å². The fraction of sp³-hybridized carbons (Fsp3) is 0.185. The maximum atomic E-state index is 14.1. The quantitative estimate of drug-likeness (QED) is 0.503. The molecule has 180 valence electrons. The zero-order chi connectivity index (χ0) is 25.0. The highest BCUT2D eigenvalue weighted by Gasteiger charge is 2.49. The molecule has 2 unspecified atom stereocenters. The van der Waals surface area contributed by atoms with Gasteiger partial charge in [-0.05, 0) is 42.3 Å². The fourth-order valence-corrected chi connectivity index (χ4v) is 5.96. The monoisotopic (exact) mass is 491 g/mol. The summed E-state index contributed by atoms with van der Waals surface area (Å²) in [7, 11) is -2.77. The van der Waals surface area contributed by atoms with Crippen molar-refractivity contribution in [3.8, 4) is 5.75 Å². The molecule has 1 aliphatic rings. The van der Waals surface area contributed by atoms with Gasteiger partial charge < -0.3 is 14.8 Å². The number of carbonyl (C=O) groups excluding carboxylic acids is 2. The van der Waals surface area contributed by atoms with Gasteiger partial charge in [-0.2, -0.15) is 0 Å². The molecule has 8 heteroatoms. The predicted molar refractivity (Wildman–Crippen MR) is 131 cm³/mol. The third-order valence-corrected chi connectivity index (χ3v) is 7.74. The normalized spacial score (nSPS) is 18.1. The second-order valence-electron chi connectivity index (χ2n) is 7.89. The maximum absolute atomic E-state index is 14.1. The summed E-state index contributed by atoms with van der Waals surface area (Å²) in [6.45, 7) is 1.67. The summed E-state index contributed by atoms with van der Waals surface area (Å²) in [5.74, 6) is -3.25. The van der Waals surface area contributed by atoms with Crippen LogP contribution in [0, 0.1) is 5.92 Å². The van der Waals surface area contributed by atoms with E-state index in [4.69, 9.17) is 9.47 Å². The highest BCUT2D eigenvalue weighted by atomic mass is 32.2. The first-order valence-electron chi connectivity index (χ1n) is 11.1. The minimum absolute atomic E-state index is 0.0287. The Morgan fingerprint density at radius 3 is 2.09 bits per heavy atom. The standard InChI is InChI=1S/C27H25NO6S/c1-3-34-27(30)23-22(18-10-6-4-7-11-18)26(29)28-24(19-12-8-5-9-13-19)25(23)35(31,32)21-16-14-20(33-2)15-17-21/h4-17,22-23H,3H2,1-2H3,(H,28,29). The molecule has 0 spiro atoms. The van der Waals surface area contributed by atoms with E-state index in [0.717, 1.165) is 0 Å². The fourth-order valence-electron chi connectivity index (χ4n) is 4.20. The molecule has 0 bridgehead atoms. The summed E-state index contributed by atoms with van der Waals surface area (Å²) in [4.78, 5) is 26.6. The molecule has 0 aromatic heterocycles. The van der Waals surface area contributed by atoms with Crippen LogP contribution in [-0.2, 0) is 24.2 Å². The van der Waals surface area contributed by atoms with E-state index in [2.05, 4.69) is 5.32 Å². The van der Waals surface area contributed by atoms with Crippen molar-refractivity contribution in [3.63, 3.8) is 0 Å². The molecular formula is C27H25NO6S. The number of sulfone groups is 1.